The average Bonchev–Trinajstić information content (AvgIpc) is 2.38. The second-order valence-corrected chi connectivity index (χ2v) is 4.10. The van der Waals surface area contributed by atoms with Gasteiger partial charge in [0.1, 0.15) is 0 Å². The van der Waals surface area contributed by atoms with Crippen molar-refractivity contribution in [3.8, 4) is 0 Å². The third-order valence-corrected chi connectivity index (χ3v) is 2.59. The summed E-state index contributed by atoms with van der Waals surface area (Å²) in [6.07, 6.45) is 0.597. The molecule has 0 saturated carbocycles. The molecule has 2 rings (SSSR count). The van der Waals surface area contributed by atoms with E-state index in [9.17, 15) is 9.59 Å². The summed E-state index contributed by atoms with van der Waals surface area (Å²) in [7, 11) is 0. The van der Waals surface area contributed by atoms with Gasteiger partial charge in [-0.25, -0.2) is 0 Å². The number of hydrogen-bond acceptors (Lipinski definition) is 2. The van der Waals surface area contributed by atoms with E-state index in [1.165, 1.54) is 0 Å². The van der Waals surface area contributed by atoms with Crippen molar-refractivity contribution in [2.24, 2.45) is 0 Å². The van der Waals surface area contributed by atoms with Gasteiger partial charge < -0.3 is 10.6 Å². The number of anilines is 1. The number of benzene rings is 1. The highest BCUT2D eigenvalue weighted by atomic mass is 16.2. The van der Waals surface area contributed by atoms with Gasteiger partial charge >= 0.3 is 0 Å². The summed E-state index contributed by atoms with van der Waals surface area (Å²) >= 11 is 0. The van der Waals surface area contributed by atoms with Crippen molar-refractivity contribution in [3.05, 3.63) is 29.3 Å². The van der Waals surface area contributed by atoms with E-state index in [1.807, 2.05) is 19.9 Å². The lowest BCUT2D eigenvalue weighted by atomic mass is 9.94. The molecule has 0 saturated heterocycles. The Labute approximate surface area is 87.7 Å². The molecule has 1 heterocycles. The number of nitrogens with one attached hydrogen (secondary N) is 2. The van der Waals surface area contributed by atoms with Gasteiger partial charge in [-0.2, -0.15) is 0 Å². The molecule has 0 unspecified atom stereocenters. The van der Waals surface area contributed by atoms with Gasteiger partial charge in [0.2, 0.25) is 6.41 Å². The Morgan fingerprint density at radius 2 is 2.13 bits per heavy atom. The lowest BCUT2D eigenvalue weighted by molar-refractivity contribution is -0.105. The Hall–Kier alpha value is -1.84. The zero-order valence-electron chi connectivity index (χ0n) is 8.63. The summed E-state index contributed by atoms with van der Waals surface area (Å²) in [4.78, 5) is 21.9. The minimum absolute atomic E-state index is 0.0930. The van der Waals surface area contributed by atoms with Gasteiger partial charge in [-0.15, -0.1) is 0 Å². The van der Waals surface area contributed by atoms with Crippen LogP contribution >= 0.6 is 0 Å². The van der Waals surface area contributed by atoms with Crippen molar-refractivity contribution in [2.75, 3.05) is 5.32 Å². The largest absolute Gasteiger partial charge is 0.343 e. The van der Waals surface area contributed by atoms with Crippen molar-refractivity contribution in [1.82, 2.24) is 5.32 Å². The van der Waals surface area contributed by atoms with Crippen LogP contribution in [-0.4, -0.2) is 12.3 Å². The first-order chi connectivity index (χ1) is 7.04. The van der Waals surface area contributed by atoms with E-state index < -0.39 is 0 Å². The Morgan fingerprint density at radius 1 is 1.40 bits per heavy atom. The second kappa shape index (κ2) is 3.08. The molecule has 0 aromatic heterocycles. The number of rotatable bonds is 2. The molecule has 1 aliphatic rings. The summed E-state index contributed by atoms with van der Waals surface area (Å²) in [6.45, 7) is 3.90. The average molecular weight is 204 g/mol. The van der Waals surface area contributed by atoms with Crippen molar-refractivity contribution in [2.45, 2.75) is 19.4 Å². The monoisotopic (exact) mass is 204 g/mol. The minimum Gasteiger partial charge on any atom is -0.343 e. The van der Waals surface area contributed by atoms with Crippen LogP contribution < -0.4 is 10.6 Å². The first kappa shape index (κ1) is 9.71. The predicted octanol–water partition coefficient (Wildman–Crippen LogP) is 1.23. The molecule has 1 aromatic carbocycles. The van der Waals surface area contributed by atoms with Gasteiger partial charge in [0.25, 0.3) is 5.91 Å². The predicted molar refractivity (Wildman–Crippen MR) is 56.6 cm³/mol. The lowest BCUT2D eigenvalue weighted by Crippen LogP contribution is -2.32. The van der Waals surface area contributed by atoms with Crippen LogP contribution in [0.1, 0.15) is 29.8 Å². The molecule has 0 aliphatic carbocycles. The third-order valence-electron chi connectivity index (χ3n) is 2.59. The van der Waals surface area contributed by atoms with Gasteiger partial charge in [0.15, 0.2) is 0 Å². The standard InChI is InChI=1S/C11H12N2O2/c1-11(2)9-4-3-7(12-6-14)5-8(9)10(15)13-11/h3-6H,1-2H3,(H,12,14)(H,13,15). The minimum atomic E-state index is -0.327. The Kier molecular flexibility index (Phi) is 2.00. The molecule has 0 spiro atoms. The zero-order valence-corrected chi connectivity index (χ0v) is 8.63. The van der Waals surface area contributed by atoms with E-state index >= 15 is 0 Å². The molecule has 1 aliphatic heterocycles. The first-order valence-electron chi connectivity index (χ1n) is 4.72. The molecule has 15 heavy (non-hydrogen) atoms. The molecule has 0 radical (unpaired) electrons. The van der Waals surface area contributed by atoms with Gasteiger partial charge in [-0.3, -0.25) is 9.59 Å². The maximum absolute atomic E-state index is 11.6. The highest BCUT2D eigenvalue weighted by molar-refractivity contribution is 6.01. The van der Waals surface area contributed by atoms with Crippen molar-refractivity contribution < 1.29 is 9.59 Å². The van der Waals surface area contributed by atoms with Crippen LogP contribution in [0.15, 0.2) is 18.2 Å². The van der Waals surface area contributed by atoms with Gasteiger partial charge in [0, 0.05) is 11.3 Å². The van der Waals surface area contributed by atoms with E-state index in [4.69, 9.17) is 0 Å². The van der Waals surface area contributed by atoms with Crippen LogP contribution in [0.5, 0.6) is 0 Å². The fourth-order valence-electron chi connectivity index (χ4n) is 1.85. The molecular weight excluding hydrogens is 192 g/mol. The van der Waals surface area contributed by atoms with Crippen LogP contribution in [-0.2, 0) is 10.3 Å². The molecule has 0 atom stereocenters. The Bertz CT molecular complexity index is 438. The molecule has 2 amide bonds. The topological polar surface area (TPSA) is 58.2 Å². The van der Waals surface area contributed by atoms with E-state index in [1.54, 1.807) is 12.1 Å². The molecule has 1 aromatic rings. The summed E-state index contributed by atoms with van der Waals surface area (Å²) in [5.41, 5.74) is 1.90. The van der Waals surface area contributed by atoms with Crippen molar-refractivity contribution in [1.29, 1.82) is 0 Å². The Balaban J connectivity index is 2.50. The lowest BCUT2D eigenvalue weighted by Gasteiger charge is -2.18. The van der Waals surface area contributed by atoms with Crippen LogP contribution in [0.4, 0.5) is 5.69 Å². The normalized spacial score (nSPS) is 16.8. The van der Waals surface area contributed by atoms with E-state index in [-0.39, 0.29) is 11.4 Å². The summed E-state index contributed by atoms with van der Waals surface area (Å²) in [5, 5.41) is 5.40. The maximum Gasteiger partial charge on any atom is 0.252 e. The highest BCUT2D eigenvalue weighted by Gasteiger charge is 2.34. The van der Waals surface area contributed by atoms with Gasteiger partial charge in [-0.1, -0.05) is 6.07 Å². The maximum atomic E-state index is 11.6. The number of carbonyl (C=O) groups is 2. The number of fused-ring (bicyclic) bond motifs is 1. The van der Waals surface area contributed by atoms with Crippen molar-refractivity contribution >= 4 is 18.0 Å². The molecule has 4 heteroatoms. The first-order valence-corrected chi connectivity index (χ1v) is 4.72. The highest BCUT2D eigenvalue weighted by Crippen LogP contribution is 2.31. The number of hydrogen-bond donors (Lipinski definition) is 2. The smallest absolute Gasteiger partial charge is 0.252 e. The van der Waals surface area contributed by atoms with E-state index in [0.29, 0.717) is 17.7 Å². The molecule has 0 bridgehead atoms. The third kappa shape index (κ3) is 1.48. The summed E-state index contributed by atoms with van der Waals surface area (Å²) in [6, 6.07) is 5.34. The van der Waals surface area contributed by atoms with Crippen molar-refractivity contribution in [3.63, 3.8) is 0 Å². The van der Waals surface area contributed by atoms with E-state index in [0.717, 1.165) is 5.56 Å². The molecule has 78 valence electrons. The van der Waals surface area contributed by atoms with Crippen LogP contribution in [0, 0.1) is 0 Å². The SMILES string of the molecule is CC1(C)NC(=O)c2cc(NC=O)ccc21. The van der Waals surface area contributed by atoms with Gasteiger partial charge in [-0.05, 0) is 31.5 Å². The second-order valence-electron chi connectivity index (χ2n) is 4.10. The van der Waals surface area contributed by atoms with Crippen LogP contribution in [0.25, 0.3) is 0 Å². The molecular formula is C11H12N2O2. The molecule has 0 fully saturated rings. The Morgan fingerprint density at radius 3 is 2.80 bits per heavy atom. The van der Waals surface area contributed by atoms with E-state index in [2.05, 4.69) is 10.6 Å². The van der Waals surface area contributed by atoms with Crippen LogP contribution in [0.3, 0.4) is 0 Å². The van der Waals surface area contributed by atoms with Gasteiger partial charge in [0.05, 0.1) is 5.54 Å². The number of carbonyl (C=O) groups excluding carboxylic acids is 2. The quantitative estimate of drug-likeness (QED) is 0.712. The fourth-order valence-corrected chi connectivity index (χ4v) is 1.85. The van der Waals surface area contributed by atoms with Crippen LogP contribution in [0.2, 0.25) is 0 Å². The summed E-state index contributed by atoms with van der Waals surface area (Å²) < 4.78 is 0. The zero-order chi connectivity index (χ0) is 11.1. The molecule has 4 nitrogen and oxygen atoms in total. The number of amides is 2. The summed E-state index contributed by atoms with van der Waals surface area (Å²) in [5.74, 6) is -0.0930. The fraction of sp³-hybridized carbons (Fsp3) is 0.273. The molecule has 2 N–H and O–H groups in total.